The summed E-state index contributed by atoms with van der Waals surface area (Å²) in [6.07, 6.45) is 2.42. The van der Waals surface area contributed by atoms with Gasteiger partial charge < -0.3 is 25.2 Å². The second kappa shape index (κ2) is 12.9. The summed E-state index contributed by atoms with van der Waals surface area (Å²) in [6, 6.07) is 11.5. The molecular weight excluding hydrogens is 526 g/mol. The lowest BCUT2D eigenvalue weighted by Crippen LogP contribution is -2.63. The molecular formula is C27H31N3O6S2. The van der Waals surface area contributed by atoms with E-state index in [1.54, 1.807) is 40.9 Å². The minimum Gasteiger partial charge on any atom is -0.481 e. The van der Waals surface area contributed by atoms with E-state index < -0.39 is 23.7 Å². The monoisotopic (exact) mass is 557 g/mol. The SMILES string of the molecule is CCCC[C@@](C=O)(NC(=O)N[C@H](CC(=O)O)c1ccc2c(c1)OCO2)N(Cc1cccs1)Cc1cccs1. The number of nitrogens with one attached hydrogen (secondary N) is 2. The van der Waals surface area contributed by atoms with Crippen LogP contribution in [0.2, 0.25) is 0 Å². The van der Waals surface area contributed by atoms with Gasteiger partial charge in [0.25, 0.3) is 0 Å². The van der Waals surface area contributed by atoms with E-state index in [9.17, 15) is 19.5 Å². The number of hydrogen-bond donors (Lipinski definition) is 3. The van der Waals surface area contributed by atoms with Crippen molar-refractivity contribution in [3.05, 3.63) is 68.5 Å². The van der Waals surface area contributed by atoms with E-state index >= 15 is 0 Å². The fourth-order valence-electron chi connectivity index (χ4n) is 4.38. The normalized spacial score (nSPS) is 14.6. The van der Waals surface area contributed by atoms with Gasteiger partial charge in [0.15, 0.2) is 23.4 Å². The number of hydrogen-bond acceptors (Lipinski definition) is 8. The van der Waals surface area contributed by atoms with Crippen molar-refractivity contribution in [1.29, 1.82) is 0 Å². The Kier molecular flexibility index (Phi) is 9.38. The Hall–Kier alpha value is -3.41. The Labute approximate surface area is 229 Å². The van der Waals surface area contributed by atoms with Crippen LogP contribution < -0.4 is 20.1 Å². The molecule has 0 aliphatic carbocycles. The molecule has 2 aromatic heterocycles. The molecule has 0 radical (unpaired) electrons. The zero-order chi connectivity index (χ0) is 27.0. The lowest BCUT2D eigenvalue weighted by Gasteiger charge is -2.40. The second-order valence-corrected chi connectivity index (χ2v) is 11.1. The average molecular weight is 558 g/mol. The van der Waals surface area contributed by atoms with Crippen LogP contribution >= 0.6 is 22.7 Å². The van der Waals surface area contributed by atoms with Crippen molar-refractivity contribution in [1.82, 2.24) is 15.5 Å². The maximum atomic E-state index is 13.4. The van der Waals surface area contributed by atoms with E-state index in [-0.39, 0.29) is 13.2 Å². The quantitative estimate of drug-likeness (QED) is 0.186. The van der Waals surface area contributed by atoms with E-state index in [0.29, 0.717) is 43.0 Å². The maximum Gasteiger partial charge on any atom is 0.317 e. The molecule has 0 fully saturated rings. The van der Waals surface area contributed by atoms with E-state index in [2.05, 4.69) is 10.6 Å². The highest BCUT2D eigenvalue weighted by Gasteiger charge is 2.39. The summed E-state index contributed by atoms with van der Waals surface area (Å²) in [6.45, 7) is 3.05. The molecule has 0 saturated heterocycles. The number of carboxylic acids is 1. The van der Waals surface area contributed by atoms with Crippen molar-refractivity contribution >= 4 is 41.0 Å². The predicted octanol–water partition coefficient (Wildman–Crippen LogP) is 5.14. The van der Waals surface area contributed by atoms with Gasteiger partial charge in [-0.15, -0.1) is 22.7 Å². The molecule has 0 spiro atoms. The van der Waals surface area contributed by atoms with Crippen LogP contribution in [0.15, 0.2) is 53.2 Å². The fraction of sp³-hybridized carbons (Fsp3) is 0.370. The van der Waals surface area contributed by atoms with Crippen molar-refractivity contribution in [3.63, 3.8) is 0 Å². The summed E-state index contributed by atoms with van der Waals surface area (Å²) in [5.74, 6) is -0.0226. The summed E-state index contributed by atoms with van der Waals surface area (Å²) >= 11 is 3.18. The second-order valence-electron chi connectivity index (χ2n) is 9.02. The van der Waals surface area contributed by atoms with Crippen LogP contribution in [0.25, 0.3) is 0 Å². The molecule has 2 amide bonds. The molecule has 0 unspecified atom stereocenters. The smallest absolute Gasteiger partial charge is 0.317 e. The van der Waals surface area contributed by atoms with Crippen LogP contribution in [-0.4, -0.2) is 40.7 Å². The van der Waals surface area contributed by atoms with Crippen LogP contribution in [0.1, 0.15) is 54.0 Å². The standard InChI is InChI=1S/C27H31N3O6S2/c1-2-3-10-27(17-31,30(15-20-6-4-11-37-20)16-21-7-5-12-38-21)29-26(34)28-22(14-25(32)33)19-8-9-23-24(13-19)36-18-35-23/h4-9,11-13,17,22H,2-3,10,14-16,18H2,1H3,(H,32,33)(H2,28,29,34)/t22-,27-/m1/s1. The highest BCUT2D eigenvalue weighted by molar-refractivity contribution is 7.10. The minimum atomic E-state index is -1.29. The fourth-order valence-corrected chi connectivity index (χ4v) is 5.81. The largest absolute Gasteiger partial charge is 0.481 e. The molecule has 38 heavy (non-hydrogen) atoms. The number of carbonyl (C=O) groups excluding carboxylic acids is 2. The van der Waals surface area contributed by atoms with Gasteiger partial charge in [-0.25, -0.2) is 4.79 Å². The Balaban J connectivity index is 1.60. The molecule has 1 aliphatic heterocycles. The number of urea groups is 1. The molecule has 4 rings (SSSR count). The molecule has 3 heterocycles. The molecule has 1 aliphatic rings. The van der Waals surface area contributed by atoms with Gasteiger partial charge in [-0.05, 0) is 53.4 Å². The first-order chi connectivity index (χ1) is 18.4. The van der Waals surface area contributed by atoms with Crippen LogP contribution in [0.5, 0.6) is 11.5 Å². The van der Waals surface area contributed by atoms with Crippen molar-refractivity contribution in [2.45, 2.75) is 57.4 Å². The first-order valence-electron chi connectivity index (χ1n) is 12.4. The number of nitrogens with zero attached hydrogens (tertiary/aromatic N) is 1. The molecule has 3 aromatic rings. The van der Waals surface area contributed by atoms with E-state index in [1.807, 2.05) is 46.8 Å². The highest BCUT2D eigenvalue weighted by atomic mass is 32.1. The number of carboxylic acid groups (broad SMARTS) is 1. The van der Waals surface area contributed by atoms with E-state index in [1.165, 1.54) is 0 Å². The van der Waals surface area contributed by atoms with Gasteiger partial charge in [0.05, 0.1) is 12.5 Å². The van der Waals surface area contributed by atoms with Gasteiger partial charge in [-0.2, -0.15) is 0 Å². The maximum absolute atomic E-state index is 13.4. The van der Waals surface area contributed by atoms with Crippen molar-refractivity contribution in [3.8, 4) is 11.5 Å². The molecule has 2 atom stereocenters. The number of benzene rings is 1. The van der Waals surface area contributed by atoms with Crippen molar-refractivity contribution in [2.24, 2.45) is 0 Å². The third-order valence-electron chi connectivity index (χ3n) is 6.34. The number of aliphatic carboxylic acids is 1. The minimum absolute atomic E-state index is 0.0832. The third kappa shape index (κ3) is 6.91. The Morgan fingerprint density at radius 3 is 2.37 bits per heavy atom. The van der Waals surface area contributed by atoms with Gasteiger partial charge >= 0.3 is 12.0 Å². The molecule has 9 nitrogen and oxygen atoms in total. The molecule has 0 saturated carbocycles. The molecule has 0 bridgehead atoms. The number of carbonyl (C=O) groups is 3. The van der Waals surface area contributed by atoms with Crippen molar-refractivity contribution in [2.75, 3.05) is 6.79 Å². The summed E-state index contributed by atoms with van der Waals surface area (Å²) in [5.41, 5.74) is -0.734. The highest BCUT2D eigenvalue weighted by Crippen LogP contribution is 2.35. The first kappa shape index (κ1) is 27.6. The van der Waals surface area contributed by atoms with Gasteiger partial charge in [-0.3, -0.25) is 14.5 Å². The Morgan fingerprint density at radius 1 is 1.11 bits per heavy atom. The number of amides is 2. The van der Waals surface area contributed by atoms with Crippen LogP contribution in [0, 0.1) is 0 Å². The summed E-state index contributed by atoms with van der Waals surface area (Å²) in [7, 11) is 0. The molecule has 1 aromatic carbocycles. The topological polar surface area (TPSA) is 117 Å². The van der Waals surface area contributed by atoms with Gasteiger partial charge in [0, 0.05) is 22.8 Å². The number of unbranched alkanes of at least 4 members (excludes halogenated alkanes) is 1. The van der Waals surface area contributed by atoms with Gasteiger partial charge in [0.1, 0.15) is 0 Å². The van der Waals surface area contributed by atoms with Gasteiger partial charge in [-0.1, -0.05) is 31.5 Å². The number of ether oxygens (including phenoxy) is 2. The van der Waals surface area contributed by atoms with E-state index in [4.69, 9.17) is 9.47 Å². The lowest BCUT2D eigenvalue weighted by atomic mass is 10.0. The third-order valence-corrected chi connectivity index (χ3v) is 8.06. The summed E-state index contributed by atoms with van der Waals surface area (Å²) < 4.78 is 10.8. The van der Waals surface area contributed by atoms with Crippen LogP contribution in [-0.2, 0) is 22.7 Å². The van der Waals surface area contributed by atoms with Gasteiger partial charge in [0.2, 0.25) is 6.79 Å². The molecule has 202 valence electrons. The Bertz CT molecular complexity index is 1180. The van der Waals surface area contributed by atoms with Crippen molar-refractivity contribution < 1.29 is 29.0 Å². The first-order valence-corrected chi connectivity index (χ1v) is 14.1. The zero-order valence-electron chi connectivity index (χ0n) is 21.1. The number of thiophene rings is 2. The summed E-state index contributed by atoms with van der Waals surface area (Å²) in [4.78, 5) is 42.0. The lowest BCUT2D eigenvalue weighted by molar-refractivity contribution is -0.137. The average Bonchev–Trinajstić information content (AvgIpc) is 3.68. The van der Waals surface area contributed by atoms with Crippen LogP contribution in [0.4, 0.5) is 4.79 Å². The number of aldehydes is 1. The predicted molar refractivity (Wildman–Crippen MR) is 145 cm³/mol. The number of rotatable bonds is 14. The van der Waals surface area contributed by atoms with Crippen LogP contribution in [0.3, 0.4) is 0 Å². The number of fused-ring (bicyclic) bond motifs is 1. The molecule has 3 N–H and O–H groups in total. The molecule has 11 heteroatoms. The zero-order valence-corrected chi connectivity index (χ0v) is 22.7. The summed E-state index contributed by atoms with van der Waals surface area (Å²) in [5, 5.41) is 19.2. The van der Waals surface area contributed by atoms with E-state index in [0.717, 1.165) is 22.5 Å². The Morgan fingerprint density at radius 2 is 1.79 bits per heavy atom.